The molecule has 3 aromatic rings. The van der Waals surface area contributed by atoms with E-state index in [0.29, 0.717) is 0 Å². The molecule has 4 amide bonds. The van der Waals surface area contributed by atoms with Gasteiger partial charge in [0.2, 0.25) is 11.8 Å². The van der Waals surface area contributed by atoms with Gasteiger partial charge in [-0.25, -0.2) is 10.0 Å². The van der Waals surface area contributed by atoms with Gasteiger partial charge in [0, 0.05) is 12.5 Å². The van der Waals surface area contributed by atoms with Gasteiger partial charge in [0.15, 0.2) is 0 Å². The molecule has 216 valence electrons. The highest BCUT2D eigenvalue weighted by atomic mass is 16.4. The number of aryl methyl sites for hydroxylation is 1. The number of amides is 4. The van der Waals surface area contributed by atoms with Crippen molar-refractivity contribution >= 4 is 47.3 Å². The summed E-state index contributed by atoms with van der Waals surface area (Å²) in [4.78, 5) is 79.1. The van der Waals surface area contributed by atoms with Crippen molar-refractivity contribution in [1.29, 1.82) is 0 Å². The lowest BCUT2D eigenvalue weighted by Crippen LogP contribution is -2.61. The zero-order chi connectivity index (χ0) is 30.4. The molecule has 1 aliphatic rings. The standard InChI is InChI=1S/C31H30N4O7/c1-20-9-8-10-22(15-20)16-28(38)33-18-25(32-30(41)23-11-4-3-5-12-23)31(42)35(27-14-7-6-13-26(27)33)34(21(2)37)24(19-36)17-29(39)40/h3-15,19,24-25H,16-18H2,1-2H3,(H,32,41)(H,39,40)/t24-,25-/m0/s1. The van der Waals surface area contributed by atoms with Crippen LogP contribution in [0.5, 0.6) is 0 Å². The molecule has 0 aliphatic carbocycles. The SMILES string of the molecule is CC(=O)N([C@H](C=O)CC(=O)O)N1C(=O)[C@@H](NC(=O)c2ccccc2)CN(C(=O)Cc2cccc(C)c2)c2ccccc21. The maximum absolute atomic E-state index is 14.2. The molecule has 1 aliphatic heterocycles. The van der Waals surface area contributed by atoms with Crippen LogP contribution in [-0.4, -0.2) is 64.6 Å². The fraction of sp³-hybridized carbons (Fsp3) is 0.226. The number of aliphatic carboxylic acids is 1. The van der Waals surface area contributed by atoms with E-state index in [9.17, 15) is 33.9 Å². The van der Waals surface area contributed by atoms with E-state index in [0.717, 1.165) is 28.1 Å². The van der Waals surface area contributed by atoms with Gasteiger partial charge < -0.3 is 20.1 Å². The first kappa shape index (κ1) is 29.7. The number of aldehydes is 1. The molecule has 3 aromatic carbocycles. The Bertz CT molecular complexity index is 1520. The predicted octanol–water partition coefficient (Wildman–Crippen LogP) is 2.52. The summed E-state index contributed by atoms with van der Waals surface area (Å²) in [5.74, 6) is -3.96. The molecular weight excluding hydrogens is 540 g/mol. The van der Waals surface area contributed by atoms with Crippen LogP contribution in [-0.2, 0) is 30.4 Å². The second-order valence-corrected chi connectivity index (χ2v) is 9.87. The molecule has 0 aromatic heterocycles. The summed E-state index contributed by atoms with van der Waals surface area (Å²) in [5.41, 5.74) is 2.27. The number of anilines is 2. The Kier molecular flexibility index (Phi) is 9.11. The third kappa shape index (κ3) is 6.52. The van der Waals surface area contributed by atoms with E-state index < -0.39 is 42.2 Å². The number of carboxylic acids is 1. The zero-order valence-corrected chi connectivity index (χ0v) is 23.1. The number of carbonyl (C=O) groups is 6. The van der Waals surface area contributed by atoms with Crippen molar-refractivity contribution in [2.24, 2.45) is 0 Å². The summed E-state index contributed by atoms with van der Waals surface area (Å²) in [6.07, 6.45) is -0.517. The van der Waals surface area contributed by atoms with Gasteiger partial charge in [0.25, 0.3) is 11.8 Å². The van der Waals surface area contributed by atoms with Gasteiger partial charge in [0.1, 0.15) is 18.4 Å². The average molecular weight is 571 g/mol. The Morgan fingerprint density at radius 2 is 1.67 bits per heavy atom. The first-order valence-corrected chi connectivity index (χ1v) is 13.2. The Morgan fingerprint density at radius 1 is 1.00 bits per heavy atom. The van der Waals surface area contributed by atoms with Crippen LogP contribution in [0.25, 0.3) is 0 Å². The van der Waals surface area contributed by atoms with Crippen molar-refractivity contribution in [3.63, 3.8) is 0 Å². The highest BCUT2D eigenvalue weighted by Crippen LogP contribution is 2.35. The Labute approximate surface area is 242 Å². The number of fused-ring (bicyclic) bond motifs is 1. The van der Waals surface area contributed by atoms with E-state index in [-0.39, 0.29) is 42.1 Å². The van der Waals surface area contributed by atoms with E-state index in [1.807, 2.05) is 25.1 Å². The number of rotatable bonds is 9. The maximum atomic E-state index is 14.2. The minimum Gasteiger partial charge on any atom is -0.481 e. The fourth-order valence-corrected chi connectivity index (χ4v) is 4.88. The molecule has 11 nitrogen and oxygen atoms in total. The second kappa shape index (κ2) is 12.9. The fourth-order valence-electron chi connectivity index (χ4n) is 4.88. The van der Waals surface area contributed by atoms with Crippen molar-refractivity contribution < 1.29 is 33.9 Å². The second-order valence-electron chi connectivity index (χ2n) is 9.87. The maximum Gasteiger partial charge on any atom is 0.305 e. The third-order valence-electron chi connectivity index (χ3n) is 6.75. The quantitative estimate of drug-likeness (QED) is 0.376. The van der Waals surface area contributed by atoms with Gasteiger partial charge in [0.05, 0.1) is 30.8 Å². The van der Waals surface area contributed by atoms with E-state index in [2.05, 4.69) is 5.32 Å². The van der Waals surface area contributed by atoms with E-state index in [1.54, 1.807) is 54.6 Å². The molecule has 0 bridgehead atoms. The number of carboxylic acid groups (broad SMARTS) is 1. The van der Waals surface area contributed by atoms with Crippen molar-refractivity contribution in [2.75, 3.05) is 16.5 Å². The highest BCUT2D eigenvalue weighted by Gasteiger charge is 2.42. The van der Waals surface area contributed by atoms with Crippen molar-refractivity contribution in [2.45, 2.75) is 38.8 Å². The molecule has 0 unspecified atom stereocenters. The topological polar surface area (TPSA) is 144 Å². The van der Waals surface area contributed by atoms with Gasteiger partial charge in [-0.1, -0.05) is 60.2 Å². The van der Waals surface area contributed by atoms with Gasteiger partial charge in [-0.05, 0) is 36.8 Å². The molecule has 0 radical (unpaired) electrons. The Hall–Kier alpha value is -5.32. The lowest BCUT2D eigenvalue weighted by Gasteiger charge is -2.38. The first-order valence-electron chi connectivity index (χ1n) is 13.2. The van der Waals surface area contributed by atoms with Gasteiger partial charge in [-0.15, -0.1) is 0 Å². The largest absolute Gasteiger partial charge is 0.481 e. The molecule has 42 heavy (non-hydrogen) atoms. The summed E-state index contributed by atoms with van der Waals surface area (Å²) in [6, 6.07) is 18.9. The normalized spacial score (nSPS) is 15.2. The number of hydrogen-bond donors (Lipinski definition) is 2. The average Bonchev–Trinajstić information content (AvgIpc) is 3.07. The summed E-state index contributed by atoms with van der Waals surface area (Å²) >= 11 is 0. The minimum atomic E-state index is -1.54. The van der Waals surface area contributed by atoms with Crippen LogP contribution in [0, 0.1) is 6.92 Å². The summed E-state index contributed by atoms with van der Waals surface area (Å²) in [5, 5.41) is 13.8. The number of hydrogen-bond acceptors (Lipinski definition) is 6. The molecule has 11 heteroatoms. The lowest BCUT2D eigenvalue weighted by atomic mass is 10.1. The van der Waals surface area contributed by atoms with Gasteiger partial charge in [-0.2, -0.15) is 0 Å². The van der Waals surface area contributed by atoms with Gasteiger partial charge >= 0.3 is 5.97 Å². The third-order valence-corrected chi connectivity index (χ3v) is 6.75. The first-order chi connectivity index (χ1) is 20.1. The molecule has 1 heterocycles. The molecule has 0 saturated heterocycles. The predicted molar refractivity (Wildman–Crippen MR) is 153 cm³/mol. The number of nitrogens with zero attached hydrogens (tertiary/aromatic N) is 3. The summed E-state index contributed by atoms with van der Waals surface area (Å²) in [7, 11) is 0. The van der Waals surface area contributed by atoms with Crippen LogP contribution < -0.4 is 15.2 Å². The van der Waals surface area contributed by atoms with E-state index in [4.69, 9.17) is 0 Å². The molecule has 0 fully saturated rings. The Morgan fingerprint density at radius 3 is 2.29 bits per heavy atom. The van der Waals surface area contributed by atoms with Crippen LogP contribution in [0.15, 0.2) is 78.9 Å². The van der Waals surface area contributed by atoms with Crippen LogP contribution in [0.4, 0.5) is 11.4 Å². The van der Waals surface area contributed by atoms with E-state index >= 15 is 0 Å². The van der Waals surface area contributed by atoms with Crippen molar-refractivity contribution in [3.05, 3.63) is 95.6 Å². The number of benzene rings is 3. The number of hydrazine groups is 1. The van der Waals surface area contributed by atoms with Crippen molar-refractivity contribution in [1.82, 2.24) is 10.3 Å². The highest BCUT2D eigenvalue weighted by molar-refractivity contribution is 6.10. The zero-order valence-electron chi connectivity index (χ0n) is 23.1. The summed E-state index contributed by atoms with van der Waals surface area (Å²) in [6.45, 7) is 2.71. The monoisotopic (exact) mass is 570 g/mol. The Balaban J connectivity index is 1.84. The van der Waals surface area contributed by atoms with E-state index in [1.165, 1.54) is 11.0 Å². The molecule has 0 spiro atoms. The number of carbonyl (C=O) groups excluding carboxylic acids is 5. The smallest absolute Gasteiger partial charge is 0.305 e. The molecule has 2 N–H and O–H groups in total. The molecule has 4 rings (SSSR count). The van der Waals surface area contributed by atoms with Crippen molar-refractivity contribution in [3.8, 4) is 0 Å². The number of para-hydroxylation sites is 2. The van der Waals surface area contributed by atoms with Crippen LogP contribution in [0.1, 0.15) is 34.8 Å². The van der Waals surface area contributed by atoms with Crippen LogP contribution in [0.2, 0.25) is 0 Å². The number of nitrogens with one attached hydrogen (secondary N) is 1. The van der Waals surface area contributed by atoms with Crippen LogP contribution >= 0.6 is 0 Å². The summed E-state index contributed by atoms with van der Waals surface area (Å²) < 4.78 is 0. The molecule has 0 saturated carbocycles. The van der Waals surface area contributed by atoms with Gasteiger partial charge in [-0.3, -0.25) is 24.0 Å². The molecule has 2 atom stereocenters. The molecular formula is C31H30N4O7. The van der Waals surface area contributed by atoms with Crippen LogP contribution in [0.3, 0.4) is 0 Å². The minimum absolute atomic E-state index is 0.0179. The lowest BCUT2D eigenvalue weighted by molar-refractivity contribution is -0.145.